The van der Waals surface area contributed by atoms with Crippen LogP contribution < -0.4 is 0 Å². The molecule has 4 heteroatoms. The second-order valence-corrected chi connectivity index (χ2v) is 4.62. The van der Waals surface area contributed by atoms with Crippen LogP contribution in [0.4, 0.5) is 0 Å². The van der Waals surface area contributed by atoms with Crippen LogP contribution >= 0.6 is 0 Å². The van der Waals surface area contributed by atoms with Gasteiger partial charge in [0.25, 0.3) is 0 Å². The molecule has 0 unspecified atom stereocenters. The number of nitrogens with zero attached hydrogens (tertiary/aromatic N) is 1. The molecule has 1 N–H and O–H groups in total. The van der Waals surface area contributed by atoms with Crippen LogP contribution in [0.3, 0.4) is 0 Å². The summed E-state index contributed by atoms with van der Waals surface area (Å²) in [6.45, 7) is 1.89. The van der Waals surface area contributed by atoms with Gasteiger partial charge in [0.15, 0.2) is 0 Å². The number of rotatable bonds is 2. The van der Waals surface area contributed by atoms with Gasteiger partial charge in [-0.1, -0.05) is 0 Å². The zero-order chi connectivity index (χ0) is 12.5. The quantitative estimate of drug-likeness (QED) is 0.846. The number of carboxylic acids is 1. The molecule has 0 aromatic carbocycles. The van der Waals surface area contributed by atoms with E-state index in [0.717, 1.165) is 11.1 Å². The first kappa shape index (κ1) is 11.8. The molecule has 0 saturated heterocycles. The Hall–Kier alpha value is -1.71. The van der Waals surface area contributed by atoms with E-state index in [1.165, 1.54) is 0 Å². The second-order valence-electron chi connectivity index (χ2n) is 4.62. The van der Waals surface area contributed by atoms with E-state index in [1.807, 2.05) is 13.0 Å². The predicted octanol–water partition coefficient (Wildman–Crippen LogP) is 1.86. The fourth-order valence-electron chi connectivity index (χ4n) is 2.52. The summed E-state index contributed by atoms with van der Waals surface area (Å²) >= 11 is 0. The zero-order valence-electron chi connectivity index (χ0n) is 9.77. The fraction of sp³-hybridized carbons (Fsp3) is 0.462. The lowest BCUT2D eigenvalue weighted by molar-refractivity contribution is -0.146. The largest absolute Gasteiger partial charge is 0.481 e. The van der Waals surface area contributed by atoms with Crippen molar-refractivity contribution in [2.45, 2.75) is 38.0 Å². The van der Waals surface area contributed by atoms with Crippen molar-refractivity contribution < 1.29 is 14.7 Å². The van der Waals surface area contributed by atoms with Gasteiger partial charge in [-0.2, -0.15) is 0 Å². The van der Waals surface area contributed by atoms with E-state index in [4.69, 9.17) is 0 Å². The molecule has 1 fully saturated rings. The van der Waals surface area contributed by atoms with Crippen molar-refractivity contribution >= 4 is 11.8 Å². The average Bonchev–Trinajstić information content (AvgIpc) is 2.31. The monoisotopic (exact) mass is 233 g/mol. The number of pyridine rings is 1. The molecule has 0 aliphatic heterocycles. The number of aryl methyl sites for hydroxylation is 1. The van der Waals surface area contributed by atoms with Gasteiger partial charge in [-0.15, -0.1) is 0 Å². The summed E-state index contributed by atoms with van der Waals surface area (Å²) in [6.07, 6.45) is 4.74. The Bertz CT molecular complexity index is 457. The van der Waals surface area contributed by atoms with Crippen LogP contribution in [0.25, 0.3) is 0 Å². The van der Waals surface area contributed by atoms with Crippen molar-refractivity contribution in [3.8, 4) is 0 Å². The molecule has 2 rings (SSSR count). The first-order chi connectivity index (χ1) is 8.06. The van der Waals surface area contributed by atoms with E-state index in [9.17, 15) is 14.7 Å². The standard InChI is InChI=1S/C13H15NO3/c1-9-4-7-14-8-11(9)13(12(16)17)5-2-10(15)3-6-13/h4,7-8H,2-3,5-6H2,1H3,(H,16,17). The maximum atomic E-state index is 11.6. The maximum Gasteiger partial charge on any atom is 0.314 e. The van der Waals surface area contributed by atoms with E-state index in [0.29, 0.717) is 25.7 Å². The Morgan fingerprint density at radius 3 is 2.59 bits per heavy atom. The van der Waals surface area contributed by atoms with E-state index < -0.39 is 11.4 Å². The lowest BCUT2D eigenvalue weighted by Gasteiger charge is -2.33. The van der Waals surface area contributed by atoms with Crippen molar-refractivity contribution in [2.24, 2.45) is 0 Å². The van der Waals surface area contributed by atoms with E-state index in [1.54, 1.807) is 12.4 Å². The van der Waals surface area contributed by atoms with Gasteiger partial charge < -0.3 is 5.11 Å². The third-order valence-corrected chi connectivity index (χ3v) is 3.63. The minimum atomic E-state index is -0.924. The lowest BCUT2D eigenvalue weighted by atomic mass is 9.68. The molecule has 0 atom stereocenters. The van der Waals surface area contributed by atoms with Crippen molar-refractivity contribution in [3.05, 3.63) is 29.6 Å². The SMILES string of the molecule is Cc1ccncc1C1(C(=O)O)CCC(=O)CC1. The summed E-state index contributed by atoms with van der Waals surface area (Å²) in [5.74, 6) is -0.690. The van der Waals surface area contributed by atoms with Crippen molar-refractivity contribution in [1.82, 2.24) is 4.98 Å². The minimum absolute atomic E-state index is 0.156. The van der Waals surface area contributed by atoms with Gasteiger partial charge in [-0.25, -0.2) is 0 Å². The highest BCUT2D eigenvalue weighted by molar-refractivity contribution is 5.87. The molecule has 0 bridgehead atoms. The van der Waals surface area contributed by atoms with Crippen LogP contribution in [0.1, 0.15) is 36.8 Å². The highest BCUT2D eigenvalue weighted by Crippen LogP contribution is 2.39. The molecule has 1 heterocycles. The summed E-state index contributed by atoms with van der Waals surface area (Å²) < 4.78 is 0. The molecule has 17 heavy (non-hydrogen) atoms. The summed E-state index contributed by atoms with van der Waals surface area (Å²) in [4.78, 5) is 26.9. The fourth-order valence-corrected chi connectivity index (χ4v) is 2.52. The molecule has 0 radical (unpaired) electrons. The van der Waals surface area contributed by atoms with Gasteiger partial charge in [0.1, 0.15) is 5.78 Å². The molecular formula is C13H15NO3. The second kappa shape index (κ2) is 4.28. The normalized spacial score (nSPS) is 19.0. The number of hydrogen-bond acceptors (Lipinski definition) is 3. The van der Waals surface area contributed by atoms with Gasteiger partial charge in [-0.05, 0) is 37.0 Å². The molecule has 0 amide bonds. The van der Waals surface area contributed by atoms with Crippen LogP contribution in [0.2, 0.25) is 0 Å². The van der Waals surface area contributed by atoms with Crippen LogP contribution in [0.5, 0.6) is 0 Å². The van der Waals surface area contributed by atoms with Gasteiger partial charge in [0.2, 0.25) is 0 Å². The molecule has 1 aromatic rings. The Labute approximate surface area is 99.7 Å². The van der Waals surface area contributed by atoms with Crippen molar-refractivity contribution in [3.63, 3.8) is 0 Å². The Kier molecular flexibility index (Phi) is 2.96. The molecule has 90 valence electrons. The van der Waals surface area contributed by atoms with Crippen LogP contribution in [-0.2, 0) is 15.0 Å². The topological polar surface area (TPSA) is 67.3 Å². The molecule has 1 aliphatic carbocycles. The third kappa shape index (κ3) is 1.95. The summed E-state index contributed by atoms with van der Waals surface area (Å²) in [5.41, 5.74) is 0.753. The molecule has 1 aromatic heterocycles. The number of ketones is 1. The summed E-state index contributed by atoms with van der Waals surface area (Å²) in [5, 5.41) is 9.51. The number of aromatic nitrogens is 1. The van der Waals surface area contributed by atoms with Gasteiger partial charge >= 0.3 is 5.97 Å². The van der Waals surface area contributed by atoms with Crippen LogP contribution in [0, 0.1) is 6.92 Å². The van der Waals surface area contributed by atoms with Gasteiger partial charge in [0, 0.05) is 25.2 Å². The van der Waals surface area contributed by atoms with E-state index >= 15 is 0 Å². The van der Waals surface area contributed by atoms with Crippen LogP contribution in [-0.4, -0.2) is 21.8 Å². The Morgan fingerprint density at radius 1 is 1.41 bits per heavy atom. The number of carbonyl (C=O) groups is 2. The summed E-state index contributed by atoms with van der Waals surface area (Å²) in [6, 6.07) is 1.82. The number of aliphatic carboxylic acids is 1. The number of carboxylic acid groups (broad SMARTS) is 1. The third-order valence-electron chi connectivity index (χ3n) is 3.63. The Balaban J connectivity index is 2.46. The lowest BCUT2D eigenvalue weighted by Crippen LogP contribution is -2.40. The first-order valence-corrected chi connectivity index (χ1v) is 5.72. The van der Waals surface area contributed by atoms with E-state index in [-0.39, 0.29) is 5.78 Å². The Morgan fingerprint density at radius 2 is 2.06 bits per heavy atom. The smallest absolute Gasteiger partial charge is 0.314 e. The highest BCUT2D eigenvalue weighted by Gasteiger charge is 2.44. The van der Waals surface area contributed by atoms with Gasteiger partial charge in [-0.3, -0.25) is 14.6 Å². The molecule has 0 spiro atoms. The number of carbonyl (C=O) groups excluding carboxylic acids is 1. The van der Waals surface area contributed by atoms with Gasteiger partial charge in [0.05, 0.1) is 5.41 Å². The molecule has 4 nitrogen and oxygen atoms in total. The molecule has 1 saturated carbocycles. The maximum absolute atomic E-state index is 11.6. The minimum Gasteiger partial charge on any atom is -0.481 e. The van der Waals surface area contributed by atoms with Crippen LogP contribution in [0.15, 0.2) is 18.5 Å². The summed E-state index contributed by atoms with van der Waals surface area (Å²) in [7, 11) is 0. The number of Topliss-reactive ketones (excluding diaryl/α,β-unsaturated/α-hetero) is 1. The van der Waals surface area contributed by atoms with Crippen molar-refractivity contribution in [1.29, 1.82) is 0 Å². The van der Waals surface area contributed by atoms with Crippen molar-refractivity contribution in [2.75, 3.05) is 0 Å². The average molecular weight is 233 g/mol. The van der Waals surface area contributed by atoms with E-state index in [2.05, 4.69) is 4.98 Å². The number of hydrogen-bond donors (Lipinski definition) is 1. The highest BCUT2D eigenvalue weighted by atomic mass is 16.4. The zero-order valence-corrected chi connectivity index (χ0v) is 9.77. The molecule has 1 aliphatic rings. The first-order valence-electron chi connectivity index (χ1n) is 5.72. The molecular weight excluding hydrogens is 218 g/mol. The predicted molar refractivity (Wildman–Crippen MR) is 61.8 cm³/mol.